The first-order chi connectivity index (χ1) is 12.3. The molecule has 1 heterocycles. The predicted octanol–water partition coefficient (Wildman–Crippen LogP) is 2.80. The summed E-state index contributed by atoms with van der Waals surface area (Å²) in [7, 11) is 1.65. The van der Waals surface area contributed by atoms with Crippen molar-refractivity contribution in [2.24, 2.45) is 0 Å². The summed E-state index contributed by atoms with van der Waals surface area (Å²) in [4.78, 5) is 27.0. The maximum Gasteiger partial charge on any atom is 0.240 e. The zero-order valence-electron chi connectivity index (χ0n) is 15.8. The Labute approximate surface area is 159 Å². The number of thiophene rings is 1. The monoisotopic (exact) mass is 373 g/mol. The fraction of sp³-hybridized carbons (Fsp3) is 0.400. The third-order valence-electron chi connectivity index (χ3n) is 3.74. The SMILES string of the molecule is CN(CC(=O)NC(C)(C)C)C(=O)CN[C@H](c1ccccc1)c1cccs1. The van der Waals surface area contributed by atoms with Gasteiger partial charge in [-0.25, -0.2) is 0 Å². The van der Waals surface area contributed by atoms with E-state index in [1.807, 2.05) is 62.5 Å². The molecule has 2 N–H and O–H groups in total. The quantitative estimate of drug-likeness (QED) is 0.785. The summed E-state index contributed by atoms with van der Waals surface area (Å²) in [5.74, 6) is -0.280. The molecule has 0 bridgehead atoms. The fourth-order valence-electron chi connectivity index (χ4n) is 2.57. The van der Waals surface area contributed by atoms with E-state index >= 15 is 0 Å². The van der Waals surface area contributed by atoms with E-state index in [0.717, 1.165) is 10.4 Å². The van der Waals surface area contributed by atoms with E-state index in [2.05, 4.69) is 16.7 Å². The Morgan fingerprint density at radius 1 is 1.12 bits per heavy atom. The van der Waals surface area contributed by atoms with Crippen LogP contribution >= 0.6 is 11.3 Å². The number of likely N-dealkylation sites (N-methyl/N-ethyl adjacent to an activating group) is 1. The molecule has 0 fully saturated rings. The van der Waals surface area contributed by atoms with Crippen LogP contribution in [0.4, 0.5) is 0 Å². The Bertz CT molecular complexity index is 708. The summed E-state index contributed by atoms with van der Waals surface area (Å²) >= 11 is 1.65. The van der Waals surface area contributed by atoms with Crippen LogP contribution in [0.3, 0.4) is 0 Å². The second kappa shape index (κ2) is 8.96. The molecule has 140 valence electrons. The Hall–Kier alpha value is -2.18. The van der Waals surface area contributed by atoms with E-state index in [1.54, 1.807) is 18.4 Å². The average molecular weight is 374 g/mol. The van der Waals surface area contributed by atoms with Crippen LogP contribution in [0.5, 0.6) is 0 Å². The highest BCUT2D eigenvalue weighted by Gasteiger charge is 2.20. The fourth-order valence-corrected chi connectivity index (χ4v) is 3.40. The second-order valence-corrected chi connectivity index (χ2v) is 8.27. The average Bonchev–Trinajstić information content (AvgIpc) is 3.08. The van der Waals surface area contributed by atoms with Crippen molar-refractivity contribution in [2.75, 3.05) is 20.1 Å². The van der Waals surface area contributed by atoms with Crippen LogP contribution in [-0.4, -0.2) is 42.4 Å². The molecular formula is C20H27N3O2S. The molecule has 0 unspecified atom stereocenters. The third-order valence-corrected chi connectivity index (χ3v) is 4.68. The van der Waals surface area contributed by atoms with Crippen molar-refractivity contribution in [3.05, 3.63) is 58.3 Å². The van der Waals surface area contributed by atoms with Crippen molar-refractivity contribution < 1.29 is 9.59 Å². The van der Waals surface area contributed by atoms with Gasteiger partial charge in [0.05, 0.1) is 19.1 Å². The minimum atomic E-state index is -0.309. The van der Waals surface area contributed by atoms with Gasteiger partial charge in [-0.15, -0.1) is 11.3 Å². The standard InChI is InChI=1S/C20H27N3O2S/c1-20(2,3)22-17(24)14-23(4)18(25)13-21-19(16-11-8-12-26-16)15-9-6-5-7-10-15/h5-12,19,21H,13-14H2,1-4H3,(H,22,24)/t19-/m1/s1. The molecule has 0 aliphatic rings. The Morgan fingerprint density at radius 2 is 1.81 bits per heavy atom. The molecule has 0 saturated heterocycles. The number of hydrogen-bond donors (Lipinski definition) is 2. The predicted molar refractivity (Wildman–Crippen MR) is 106 cm³/mol. The van der Waals surface area contributed by atoms with Crippen molar-refractivity contribution >= 4 is 23.2 Å². The van der Waals surface area contributed by atoms with Gasteiger partial charge in [0.15, 0.2) is 0 Å². The van der Waals surface area contributed by atoms with Crippen LogP contribution in [0, 0.1) is 0 Å². The van der Waals surface area contributed by atoms with Gasteiger partial charge in [0.1, 0.15) is 0 Å². The summed E-state index contributed by atoms with van der Waals surface area (Å²) in [6, 6.07) is 14.1. The highest BCUT2D eigenvalue weighted by atomic mass is 32.1. The minimum Gasteiger partial charge on any atom is -0.350 e. The molecule has 0 aliphatic carbocycles. The number of hydrogen-bond acceptors (Lipinski definition) is 4. The molecule has 1 aromatic carbocycles. The lowest BCUT2D eigenvalue weighted by atomic mass is 10.1. The number of carbonyl (C=O) groups excluding carboxylic acids is 2. The molecule has 0 radical (unpaired) electrons. The maximum atomic E-state index is 12.4. The minimum absolute atomic E-state index is 0.0445. The van der Waals surface area contributed by atoms with Gasteiger partial charge in [0.25, 0.3) is 0 Å². The number of nitrogens with zero attached hydrogens (tertiary/aromatic N) is 1. The molecule has 26 heavy (non-hydrogen) atoms. The smallest absolute Gasteiger partial charge is 0.240 e. The topological polar surface area (TPSA) is 61.4 Å². The van der Waals surface area contributed by atoms with E-state index in [-0.39, 0.29) is 36.5 Å². The second-order valence-electron chi connectivity index (χ2n) is 7.29. The summed E-state index contributed by atoms with van der Waals surface area (Å²) in [6.45, 7) is 5.96. The number of carbonyl (C=O) groups is 2. The molecular weight excluding hydrogens is 346 g/mol. The zero-order valence-corrected chi connectivity index (χ0v) is 16.6. The first-order valence-corrected chi connectivity index (χ1v) is 9.51. The molecule has 2 rings (SSSR count). The number of nitrogens with one attached hydrogen (secondary N) is 2. The lowest BCUT2D eigenvalue weighted by Crippen LogP contribution is -2.47. The lowest BCUT2D eigenvalue weighted by molar-refractivity contribution is -0.134. The summed E-state index contributed by atoms with van der Waals surface area (Å²) in [5.41, 5.74) is 0.799. The van der Waals surface area contributed by atoms with Crippen molar-refractivity contribution in [1.29, 1.82) is 0 Å². The van der Waals surface area contributed by atoms with Gasteiger partial charge in [-0.05, 0) is 37.8 Å². The molecule has 0 aliphatic heterocycles. The first kappa shape index (κ1) is 20.1. The van der Waals surface area contributed by atoms with E-state index < -0.39 is 0 Å². The largest absolute Gasteiger partial charge is 0.350 e. The van der Waals surface area contributed by atoms with Gasteiger partial charge in [-0.2, -0.15) is 0 Å². The van der Waals surface area contributed by atoms with Crippen molar-refractivity contribution in [1.82, 2.24) is 15.5 Å². The Morgan fingerprint density at radius 3 is 2.38 bits per heavy atom. The van der Waals surface area contributed by atoms with Crippen molar-refractivity contribution in [3.63, 3.8) is 0 Å². The van der Waals surface area contributed by atoms with Crippen molar-refractivity contribution in [3.8, 4) is 0 Å². The highest BCUT2D eigenvalue weighted by Crippen LogP contribution is 2.25. The number of rotatable bonds is 7. The molecule has 1 aromatic heterocycles. The molecule has 2 amide bonds. The molecule has 2 aromatic rings. The zero-order chi connectivity index (χ0) is 19.2. The summed E-state index contributed by atoms with van der Waals surface area (Å²) in [5, 5.41) is 8.22. The maximum absolute atomic E-state index is 12.4. The number of amides is 2. The van der Waals surface area contributed by atoms with E-state index in [1.165, 1.54) is 4.90 Å². The Kier molecular flexibility index (Phi) is 6.94. The van der Waals surface area contributed by atoms with E-state index in [9.17, 15) is 9.59 Å². The van der Waals surface area contributed by atoms with Crippen LogP contribution in [0.25, 0.3) is 0 Å². The van der Waals surface area contributed by atoms with Crippen LogP contribution in [-0.2, 0) is 9.59 Å². The molecule has 5 nitrogen and oxygen atoms in total. The lowest BCUT2D eigenvalue weighted by Gasteiger charge is -2.24. The summed E-state index contributed by atoms with van der Waals surface area (Å²) < 4.78 is 0. The highest BCUT2D eigenvalue weighted by molar-refractivity contribution is 7.10. The molecule has 1 atom stereocenters. The molecule has 6 heteroatoms. The van der Waals surface area contributed by atoms with Gasteiger partial charge < -0.3 is 10.2 Å². The van der Waals surface area contributed by atoms with Gasteiger partial charge in [0.2, 0.25) is 11.8 Å². The van der Waals surface area contributed by atoms with Gasteiger partial charge in [0, 0.05) is 17.5 Å². The molecule has 0 spiro atoms. The van der Waals surface area contributed by atoms with Crippen LogP contribution in [0.15, 0.2) is 47.8 Å². The van der Waals surface area contributed by atoms with Crippen LogP contribution < -0.4 is 10.6 Å². The Balaban J connectivity index is 1.96. The van der Waals surface area contributed by atoms with Gasteiger partial charge in [-0.3, -0.25) is 14.9 Å². The van der Waals surface area contributed by atoms with Gasteiger partial charge in [-0.1, -0.05) is 36.4 Å². The van der Waals surface area contributed by atoms with E-state index in [0.29, 0.717) is 0 Å². The first-order valence-electron chi connectivity index (χ1n) is 8.63. The van der Waals surface area contributed by atoms with Crippen LogP contribution in [0.1, 0.15) is 37.3 Å². The third kappa shape index (κ3) is 6.28. The van der Waals surface area contributed by atoms with Crippen LogP contribution in [0.2, 0.25) is 0 Å². The van der Waals surface area contributed by atoms with Gasteiger partial charge >= 0.3 is 0 Å². The summed E-state index contributed by atoms with van der Waals surface area (Å²) in [6.07, 6.45) is 0. The van der Waals surface area contributed by atoms with E-state index in [4.69, 9.17) is 0 Å². The molecule has 0 saturated carbocycles. The normalized spacial score (nSPS) is 12.5. The van der Waals surface area contributed by atoms with Crippen molar-refractivity contribution in [2.45, 2.75) is 32.4 Å². The number of benzene rings is 1.